The molecule has 1 fully saturated rings. The molecule has 1 heterocycles. The van der Waals surface area contributed by atoms with Crippen LogP contribution in [0.1, 0.15) is 17.2 Å². The van der Waals surface area contributed by atoms with E-state index >= 15 is 0 Å². The van der Waals surface area contributed by atoms with Gasteiger partial charge in [-0.2, -0.15) is 0 Å². The number of aromatic hydroxyl groups is 1. The third kappa shape index (κ3) is 3.71. The zero-order chi connectivity index (χ0) is 24.6. The van der Waals surface area contributed by atoms with Gasteiger partial charge in [0.2, 0.25) is 0 Å². The minimum atomic E-state index is -1.34. The van der Waals surface area contributed by atoms with E-state index < -0.39 is 40.8 Å². The summed E-state index contributed by atoms with van der Waals surface area (Å²) < 4.78 is 39.4. The lowest BCUT2D eigenvalue weighted by molar-refractivity contribution is -0.132. The predicted octanol–water partition coefficient (Wildman–Crippen LogP) is 4.31. The maximum Gasteiger partial charge on any atom is 0.300 e. The number of hydrogen-bond acceptors (Lipinski definition) is 6. The summed E-state index contributed by atoms with van der Waals surface area (Å²) >= 11 is 0. The van der Waals surface area contributed by atoms with E-state index in [-0.39, 0.29) is 33.9 Å². The maximum atomic E-state index is 14.7. The highest BCUT2D eigenvalue weighted by atomic mass is 19.1. The smallest absolute Gasteiger partial charge is 0.300 e. The molecule has 1 saturated heterocycles. The molecule has 1 atom stereocenters. The van der Waals surface area contributed by atoms with Crippen molar-refractivity contribution in [3.05, 3.63) is 89.0 Å². The highest BCUT2D eigenvalue weighted by molar-refractivity contribution is 6.51. The second-order valence-electron chi connectivity index (χ2n) is 7.39. The zero-order valence-electron chi connectivity index (χ0n) is 18.1. The molecule has 3 aromatic rings. The Hall–Kier alpha value is -4.40. The molecule has 1 amide bonds. The number of ketones is 1. The van der Waals surface area contributed by atoms with Gasteiger partial charge in [0.25, 0.3) is 11.7 Å². The number of anilines is 1. The van der Waals surface area contributed by atoms with Crippen molar-refractivity contribution in [2.24, 2.45) is 0 Å². The molecule has 0 spiro atoms. The predicted molar refractivity (Wildman–Crippen MR) is 119 cm³/mol. The molecule has 7 nitrogen and oxygen atoms in total. The van der Waals surface area contributed by atoms with E-state index in [1.807, 2.05) is 0 Å². The van der Waals surface area contributed by atoms with Crippen molar-refractivity contribution in [2.45, 2.75) is 6.04 Å². The molecule has 0 radical (unpaired) electrons. The number of benzene rings is 3. The van der Waals surface area contributed by atoms with Gasteiger partial charge in [-0.1, -0.05) is 18.2 Å². The third-order valence-electron chi connectivity index (χ3n) is 5.49. The maximum absolute atomic E-state index is 14.7. The average molecular weight is 467 g/mol. The Kier molecular flexibility index (Phi) is 5.93. The van der Waals surface area contributed by atoms with Crippen LogP contribution >= 0.6 is 0 Å². The standard InChI is InChI=1S/C25H19F2NO6/c1-33-18-4-3-5-19(34-2)20(18)23(30)21-22(13-6-9-15(29)10-7-13)28(25(32)24(21)31)17-12-14(26)8-11-16(17)27/h3-12,22,29-30H,1-2H3/b23-21+. The van der Waals surface area contributed by atoms with Crippen LogP contribution in [0.15, 0.2) is 66.2 Å². The van der Waals surface area contributed by atoms with Gasteiger partial charge in [-0.3, -0.25) is 14.5 Å². The van der Waals surface area contributed by atoms with Crippen LogP contribution in [0.5, 0.6) is 17.2 Å². The first-order valence-corrected chi connectivity index (χ1v) is 10.0. The molecule has 0 aromatic heterocycles. The SMILES string of the molecule is COc1cccc(OC)c1/C(O)=C1\C(=O)C(=O)N(c2cc(F)ccc2F)C1c1ccc(O)cc1. The number of amides is 1. The summed E-state index contributed by atoms with van der Waals surface area (Å²) in [4.78, 5) is 27.1. The molecule has 1 unspecified atom stereocenters. The number of aliphatic hydroxyl groups is 1. The van der Waals surface area contributed by atoms with Crippen LogP contribution in [0.2, 0.25) is 0 Å². The molecule has 0 saturated carbocycles. The lowest BCUT2D eigenvalue weighted by Gasteiger charge is -2.26. The molecule has 3 aromatic carbocycles. The highest BCUT2D eigenvalue weighted by Gasteiger charge is 2.48. The summed E-state index contributed by atoms with van der Waals surface area (Å²) in [5.41, 5.74) is -0.599. The number of Topliss-reactive ketones (excluding diaryl/α,β-unsaturated/α-hetero) is 1. The van der Waals surface area contributed by atoms with E-state index in [2.05, 4.69) is 0 Å². The first-order chi connectivity index (χ1) is 16.3. The Bertz CT molecular complexity index is 1300. The van der Waals surface area contributed by atoms with Gasteiger partial charge in [0, 0.05) is 6.07 Å². The van der Waals surface area contributed by atoms with Crippen LogP contribution in [0.3, 0.4) is 0 Å². The topological polar surface area (TPSA) is 96.3 Å². The van der Waals surface area contributed by atoms with Crippen molar-refractivity contribution in [3.63, 3.8) is 0 Å². The fourth-order valence-corrected chi connectivity index (χ4v) is 3.94. The van der Waals surface area contributed by atoms with Gasteiger partial charge >= 0.3 is 0 Å². The molecule has 4 rings (SSSR count). The number of rotatable bonds is 5. The van der Waals surface area contributed by atoms with E-state index in [1.54, 1.807) is 6.07 Å². The van der Waals surface area contributed by atoms with Crippen LogP contribution in [0.25, 0.3) is 5.76 Å². The summed E-state index contributed by atoms with van der Waals surface area (Å²) in [6.45, 7) is 0. The summed E-state index contributed by atoms with van der Waals surface area (Å²) in [5, 5.41) is 21.0. The molecule has 174 valence electrons. The summed E-state index contributed by atoms with van der Waals surface area (Å²) in [5.74, 6) is -4.45. The Labute approximate surface area is 193 Å². The Morgan fingerprint density at radius 2 is 1.56 bits per heavy atom. The van der Waals surface area contributed by atoms with Crippen molar-refractivity contribution in [1.82, 2.24) is 0 Å². The van der Waals surface area contributed by atoms with Crippen LogP contribution in [-0.2, 0) is 9.59 Å². The number of carbonyl (C=O) groups is 2. The second-order valence-corrected chi connectivity index (χ2v) is 7.39. The largest absolute Gasteiger partial charge is 0.508 e. The molecule has 0 aliphatic carbocycles. The van der Waals surface area contributed by atoms with Crippen molar-refractivity contribution >= 4 is 23.1 Å². The van der Waals surface area contributed by atoms with E-state index in [9.17, 15) is 28.6 Å². The number of phenols is 1. The van der Waals surface area contributed by atoms with Gasteiger partial charge in [0.1, 0.15) is 40.2 Å². The van der Waals surface area contributed by atoms with Crippen LogP contribution < -0.4 is 14.4 Å². The number of aliphatic hydroxyl groups excluding tert-OH is 1. The van der Waals surface area contributed by atoms with Gasteiger partial charge in [-0.15, -0.1) is 0 Å². The van der Waals surface area contributed by atoms with E-state index in [4.69, 9.17) is 9.47 Å². The van der Waals surface area contributed by atoms with Gasteiger partial charge in [0.15, 0.2) is 0 Å². The Morgan fingerprint density at radius 1 is 0.941 bits per heavy atom. The van der Waals surface area contributed by atoms with Crippen LogP contribution in [-0.4, -0.2) is 36.1 Å². The molecule has 9 heteroatoms. The van der Waals surface area contributed by atoms with Crippen molar-refractivity contribution < 1.29 is 38.1 Å². The van der Waals surface area contributed by atoms with Crippen molar-refractivity contribution in [3.8, 4) is 17.2 Å². The first-order valence-electron chi connectivity index (χ1n) is 10.0. The number of carbonyl (C=O) groups excluding carboxylic acids is 2. The zero-order valence-corrected chi connectivity index (χ0v) is 18.1. The lowest BCUT2D eigenvalue weighted by Crippen LogP contribution is -2.30. The number of ether oxygens (including phenoxy) is 2. The molecule has 2 N–H and O–H groups in total. The molecular weight excluding hydrogens is 448 g/mol. The molecule has 1 aliphatic rings. The van der Waals surface area contributed by atoms with Crippen LogP contribution in [0, 0.1) is 11.6 Å². The summed E-state index contributed by atoms with van der Waals surface area (Å²) in [6.07, 6.45) is 0. The molecule has 34 heavy (non-hydrogen) atoms. The number of phenolic OH excluding ortho intramolecular Hbond substituents is 1. The molecule has 0 bridgehead atoms. The van der Waals surface area contributed by atoms with Gasteiger partial charge in [-0.05, 0) is 42.0 Å². The van der Waals surface area contributed by atoms with E-state index in [1.165, 1.54) is 50.6 Å². The number of nitrogens with zero attached hydrogens (tertiary/aromatic N) is 1. The second kappa shape index (κ2) is 8.86. The summed E-state index contributed by atoms with van der Waals surface area (Å²) in [6, 6.07) is 11.2. The van der Waals surface area contributed by atoms with E-state index in [0.29, 0.717) is 0 Å². The van der Waals surface area contributed by atoms with Crippen molar-refractivity contribution in [1.29, 1.82) is 0 Å². The highest BCUT2D eigenvalue weighted by Crippen LogP contribution is 2.45. The lowest BCUT2D eigenvalue weighted by atomic mass is 9.94. The normalized spacial score (nSPS) is 17.2. The molecular formula is C25H19F2NO6. The van der Waals surface area contributed by atoms with Gasteiger partial charge in [0.05, 0.1) is 31.5 Å². The number of halogens is 2. The van der Waals surface area contributed by atoms with E-state index in [0.717, 1.165) is 23.1 Å². The minimum absolute atomic E-state index is 0.00833. The average Bonchev–Trinajstić information content (AvgIpc) is 3.10. The number of hydrogen-bond donors (Lipinski definition) is 2. The van der Waals surface area contributed by atoms with Gasteiger partial charge < -0.3 is 19.7 Å². The van der Waals surface area contributed by atoms with Gasteiger partial charge in [-0.25, -0.2) is 8.78 Å². The summed E-state index contributed by atoms with van der Waals surface area (Å²) in [7, 11) is 2.70. The minimum Gasteiger partial charge on any atom is -0.508 e. The fourth-order valence-electron chi connectivity index (χ4n) is 3.94. The quantitative estimate of drug-likeness (QED) is 0.330. The monoisotopic (exact) mass is 467 g/mol. The molecule has 1 aliphatic heterocycles. The first kappa shape index (κ1) is 22.8. The van der Waals surface area contributed by atoms with Crippen LogP contribution in [0.4, 0.5) is 14.5 Å². The van der Waals surface area contributed by atoms with Crippen molar-refractivity contribution in [2.75, 3.05) is 19.1 Å². The fraction of sp³-hybridized carbons (Fsp3) is 0.120. The Morgan fingerprint density at radius 3 is 2.15 bits per heavy atom. The number of methoxy groups -OCH3 is 2. The third-order valence-corrected chi connectivity index (χ3v) is 5.49. The Balaban J connectivity index is 2.04.